The van der Waals surface area contributed by atoms with E-state index in [9.17, 15) is 27.6 Å². The van der Waals surface area contributed by atoms with E-state index >= 15 is 0 Å². The topological polar surface area (TPSA) is 84.5 Å². The van der Waals surface area contributed by atoms with E-state index in [0.717, 1.165) is 30.7 Å². The minimum absolute atomic E-state index is 0.0155. The van der Waals surface area contributed by atoms with Gasteiger partial charge in [-0.1, -0.05) is 13.8 Å². The third-order valence-electron chi connectivity index (χ3n) is 5.65. The predicted molar refractivity (Wildman–Crippen MR) is 102 cm³/mol. The second-order valence-electron chi connectivity index (χ2n) is 8.31. The van der Waals surface area contributed by atoms with Gasteiger partial charge >= 0.3 is 6.18 Å². The Morgan fingerprint density at radius 3 is 2.50 bits per heavy atom. The maximum Gasteiger partial charge on any atom is 0.416 e. The number of nitrogens with one attached hydrogen (secondary N) is 2. The molecule has 0 radical (unpaired) electrons. The highest BCUT2D eigenvalue weighted by Crippen LogP contribution is 2.38. The van der Waals surface area contributed by atoms with Crippen LogP contribution >= 0.6 is 0 Å². The summed E-state index contributed by atoms with van der Waals surface area (Å²) in [5.41, 5.74) is -1.89. The lowest BCUT2D eigenvalue weighted by molar-refractivity contribution is -0.137. The van der Waals surface area contributed by atoms with Crippen molar-refractivity contribution < 1.29 is 32.3 Å². The van der Waals surface area contributed by atoms with E-state index in [1.165, 1.54) is 0 Å². The first kappa shape index (κ1) is 22.3. The molecule has 3 unspecified atom stereocenters. The SMILES string of the molecule is CC(C)CC(NC(=O)c1ccc(C(F)(F)F)cc1)C(=O)NC12CCCC1OCC2=O. The number of benzene rings is 1. The second-order valence-corrected chi connectivity index (χ2v) is 8.31. The molecule has 0 spiro atoms. The first-order valence-corrected chi connectivity index (χ1v) is 9.98. The van der Waals surface area contributed by atoms with Crippen LogP contribution in [0.3, 0.4) is 0 Å². The number of fused-ring (bicyclic) bond motifs is 1. The molecule has 164 valence electrons. The lowest BCUT2D eigenvalue weighted by atomic mass is 9.91. The van der Waals surface area contributed by atoms with Crippen LogP contribution < -0.4 is 10.6 Å². The van der Waals surface area contributed by atoms with Gasteiger partial charge in [-0.05, 0) is 55.9 Å². The zero-order valence-electron chi connectivity index (χ0n) is 16.8. The number of hydrogen-bond donors (Lipinski definition) is 2. The van der Waals surface area contributed by atoms with Gasteiger partial charge in [0.15, 0.2) is 5.78 Å². The molecule has 2 aliphatic rings. The largest absolute Gasteiger partial charge is 0.416 e. The first-order valence-electron chi connectivity index (χ1n) is 9.98. The minimum Gasteiger partial charge on any atom is -0.367 e. The summed E-state index contributed by atoms with van der Waals surface area (Å²) in [7, 11) is 0. The maximum absolute atomic E-state index is 13.0. The van der Waals surface area contributed by atoms with Gasteiger partial charge in [0.05, 0.1) is 11.7 Å². The Bertz CT molecular complexity index is 823. The fourth-order valence-corrected chi connectivity index (χ4v) is 4.10. The van der Waals surface area contributed by atoms with Crippen molar-refractivity contribution in [2.24, 2.45) is 5.92 Å². The van der Waals surface area contributed by atoms with Gasteiger partial charge in [-0.15, -0.1) is 0 Å². The lowest BCUT2D eigenvalue weighted by Crippen LogP contribution is -2.60. The summed E-state index contributed by atoms with van der Waals surface area (Å²) in [6, 6.07) is 2.86. The van der Waals surface area contributed by atoms with Crippen LogP contribution in [0.2, 0.25) is 0 Å². The van der Waals surface area contributed by atoms with Crippen LogP contribution in [0.1, 0.15) is 55.5 Å². The van der Waals surface area contributed by atoms with Gasteiger partial charge in [0, 0.05) is 5.56 Å². The Morgan fingerprint density at radius 1 is 1.23 bits per heavy atom. The van der Waals surface area contributed by atoms with Crippen molar-refractivity contribution in [3.8, 4) is 0 Å². The van der Waals surface area contributed by atoms with Crippen LogP contribution in [0.15, 0.2) is 24.3 Å². The van der Waals surface area contributed by atoms with Gasteiger partial charge in [-0.25, -0.2) is 0 Å². The number of carbonyl (C=O) groups is 3. The van der Waals surface area contributed by atoms with E-state index in [1.54, 1.807) is 0 Å². The highest BCUT2D eigenvalue weighted by Gasteiger charge is 2.55. The van der Waals surface area contributed by atoms with E-state index in [-0.39, 0.29) is 30.0 Å². The van der Waals surface area contributed by atoms with E-state index in [4.69, 9.17) is 4.74 Å². The zero-order chi connectivity index (χ0) is 22.1. The number of carbonyl (C=O) groups excluding carboxylic acids is 3. The number of amides is 2. The third kappa shape index (κ3) is 4.50. The molecule has 0 bridgehead atoms. The fraction of sp³-hybridized carbons (Fsp3) is 0.571. The van der Waals surface area contributed by atoms with Crippen LogP contribution in [-0.4, -0.2) is 41.9 Å². The Kier molecular flexibility index (Phi) is 6.21. The predicted octanol–water partition coefficient (Wildman–Crippen LogP) is 2.86. The molecule has 1 aromatic rings. The van der Waals surface area contributed by atoms with Gasteiger partial charge in [0.25, 0.3) is 5.91 Å². The normalized spacial score (nSPS) is 24.6. The average molecular weight is 426 g/mol. The molecule has 1 saturated heterocycles. The van der Waals surface area contributed by atoms with Crippen molar-refractivity contribution in [2.75, 3.05) is 6.61 Å². The van der Waals surface area contributed by atoms with Gasteiger partial charge in [-0.3, -0.25) is 14.4 Å². The number of rotatable bonds is 6. The Morgan fingerprint density at radius 2 is 1.90 bits per heavy atom. The van der Waals surface area contributed by atoms with E-state index in [1.807, 2.05) is 13.8 Å². The molecule has 2 fully saturated rings. The summed E-state index contributed by atoms with van der Waals surface area (Å²) in [6.07, 6.45) is -2.62. The second kappa shape index (κ2) is 8.37. The quantitative estimate of drug-likeness (QED) is 0.733. The molecule has 2 N–H and O–H groups in total. The van der Waals surface area contributed by atoms with Crippen molar-refractivity contribution in [2.45, 2.75) is 63.4 Å². The molecular weight excluding hydrogens is 401 g/mol. The number of alkyl halides is 3. The molecule has 0 aromatic heterocycles. The van der Waals surface area contributed by atoms with Crippen molar-refractivity contribution in [1.29, 1.82) is 0 Å². The van der Waals surface area contributed by atoms with Crippen LogP contribution in [0.25, 0.3) is 0 Å². The average Bonchev–Trinajstić information content (AvgIpc) is 3.20. The van der Waals surface area contributed by atoms with Crippen LogP contribution in [0.4, 0.5) is 13.2 Å². The van der Waals surface area contributed by atoms with Crippen LogP contribution in [0, 0.1) is 5.92 Å². The molecule has 9 heteroatoms. The molecule has 2 amide bonds. The maximum atomic E-state index is 13.0. The Labute approximate surface area is 172 Å². The van der Waals surface area contributed by atoms with Gasteiger partial charge in [0.2, 0.25) is 5.91 Å². The standard InChI is InChI=1S/C21H25F3N2O4/c1-12(2)10-15(19(29)26-20-9-3-4-17(20)30-11-16(20)27)25-18(28)13-5-7-14(8-6-13)21(22,23)24/h5-8,12,15,17H,3-4,9-11H2,1-2H3,(H,25,28)(H,26,29). The molecule has 6 nitrogen and oxygen atoms in total. The lowest BCUT2D eigenvalue weighted by Gasteiger charge is -2.30. The van der Waals surface area contributed by atoms with Crippen LogP contribution in [-0.2, 0) is 20.5 Å². The summed E-state index contributed by atoms with van der Waals surface area (Å²) in [5.74, 6) is -1.26. The molecule has 3 rings (SSSR count). The molecule has 1 heterocycles. The number of ether oxygens (including phenoxy) is 1. The summed E-state index contributed by atoms with van der Waals surface area (Å²) in [6.45, 7) is 3.72. The molecule has 3 atom stereocenters. The monoisotopic (exact) mass is 426 g/mol. The molecule has 1 aromatic carbocycles. The molecule has 30 heavy (non-hydrogen) atoms. The van der Waals surface area contributed by atoms with E-state index in [0.29, 0.717) is 19.3 Å². The highest BCUT2D eigenvalue weighted by molar-refractivity contribution is 6.00. The number of hydrogen-bond acceptors (Lipinski definition) is 4. The van der Waals surface area contributed by atoms with Crippen molar-refractivity contribution in [1.82, 2.24) is 10.6 Å². The van der Waals surface area contributed by atoms with Gasteiger partial charge in [0.1, 0.15) is 18.2 Å². The highest BCUT2D eigenvalue weighted by atomic mass is 19.4. The van der Waals surface area contributed by atoms with Crippen LogP contribution in [0.5, 0.6) is 0 Å². The molecular formula is C21H25F3N2O4. The van der Waals surface area contributed by atoms with Crippen molar-refractivity contribution in [3.63, 3.8) is 0 Å². The summed E-state index contributed by atoms with van der Waals surface area (Å²) < 4.78 is 43.7. The first-order chi connectivity index (χ1) is 14.0. The summed E-state index contributed by atoms with van der Waals surface area (Å²) in [4.78, 5) is 37.9. The number of halogens is 3. The number of Topliss-reactive ketones (excluding diaryl/α,β-unsaturated/α-hetero) is 1. The van der Waals surface area contributed by atoms with Gasteiger partial charge < -0.3 is 15.4 Å². The Balaban J connectivity index is 1.73. The number of ketones is 1. The van der Waals surface area contributed by atoms with E-state index in [2.05, 4.69) is 10.6 Å². The minimum atomic E-state index is -4.50. The van der Waals surface area contributed by atoms with Gasteiger partial charge in [-0.2, -0.15) is 13.2 Å². The van der Waals surface area contributed by atoms with E-state index < -0.39 is 35.1 Å². The smallest absolute Gasteiger partial charge is 0.367 e. The fourth-order valence-electron chi connectivity index (χ4n) is 4.10. The summed E-state index contributed by atoms with van der Waals surface area (Å²) in [5, 5.41) is 5.42. The summed E-state index contributed by atoms with van der Waals surface area (Å²) >= 11 is 0. The zero-order valence-corrected chi connectivity index (χ0v) is 16.8. The molecule has 1 aliphatic carbocycles. The Hall–Kier alpha value is -2.42. The molecule has 1 aliphatic heterocycles. The van der Waals surface area contributed by atoms with Crippen molar-refractivity contribution in [3.05, 3.63) is 35.4 Å². The van der Waals surface area contributed by atoms with Crippen molar-refractivity contribution >= 4 is 17.6 Å². The molecule has 1 saturated carbocycles. The third-order valence-corrected chi connectivity index (χ3v) is 5.65.